The second kappa shape index (κ2) is 4.96. The molecular weight excluding hydrogens is 264 g/mol. The van der Waals surface area contributed by atoms with Gasteiger partial charge in [-0.1, -0.05) is 29.8 Å². The summed E-state index contributed by atoms with van der Waals surface area (Å²) in [5.41, 5.74) is 2.22. The van der Waals surface area contributed by atoms with Crippen LogP contribution in [0.15, 0.2) is 54.0 Å². The van der Waals surface area contributed by atoms with Crippen LogP contribution in [-0.2, 0) is 6.54 Å². The van der Waals surface area contributed by atoms with Gasteiger partial charge in [-0.05, 0) is 35.2 Å². The van der Waals surface area contributed by atoms with Gasteiger partial charge in [0, 0.05) is 11.2 Å². The van der Waals surface area contributed by atoms with E-state index in [1.807, 2.05) is 47.3 Å². The zero-order valence-corrected chi connectivity index (χ0v) is 11.2. The lowest BCUT2D eigenvalue weighted by Gasteiger charge is -2.01. The summed E-state index contributed by atoms with van der Waals surface area (Å²) in [4.78, 5) is 1.20. The van der Waals surface area contributed by atoms with E-state index in [2.05, 4.69) is 16.5 Å². The fourth-order valence-electron chi connectivity index (χ4n) is 1.78. The van der Waals surface area contributed by atoms with Crippen molar-refractivity contribution in [1.29, 1.82) is 0 Å². The summed E-state index contributed by atoms with van der Waals surface area (Å²) in [6, 6.07) is 14.0. The van der Waals surface area contributed by atoms with E-state index in [0.29, 0.717) is 0 Å². The summed E-state index contributed by atoms with van der Waals surface area (Å²) in [5.74, 6) is 0. The Morgan fingerprint density at radius 2 is 1.94 bits per heavy atom. The van der Waals surface area contributed by atoms with Gasteiger partial charge < -0.3 is 0 Å². The maximum absolute atomic E-state index is 5.87. The predicted molar refractivity (Wildman–Crippen MR) is 76.1 cm³/mol. The first-order chi connectivity index (χ1) is 8.81. The molecule has 0 radical (unpaired) electrons. The smallest absolute Gasteiger partial charge is 0.102 e. The van der Waals surface area contributed by atoms with Crippen molar-refractivity contribution in [3.05, 3.63) is 64.6 Å². The second-order valence-electron chi connectivity index (χ2n) is 4.00. The molecule has 0 fully saturated rings. The van der Waals surface area contributed by atoms with E-state index >= 15 is 0 Å². The lowest BCUT2D eigenvalue weighted by Crippen LogP contribution is -1.99. The summed E-state index contributed by atoms with van der Waals surface area (Å²) < 4.78 is 1.94. The molecule has 0 spiro atoms. The van der Waals surface area contributed by atoms with Gasteiger partial charge in [-0.25, -0.2) is 0 Å². The minimum absolute atomic E-state index is 0.762. The van der Waals surface area contributed by atoms with Crippen molar-refractivity contribution in [3.8, 4) is 10.6 Å². The van der Waals surface area contributed by atoms with E-state index in [4.69, 9.17) is 11.6 Å². The molecule has 0 saturated carbocycles. The number of nitrogens with zero attached hydrogens (tertiary/aromatic N) is 2. The van der Waals surface area contributed by atoms with Crippen LogP contribution >= 0.6 is 22.9 Å². The van der Waals surface area contributed by atoms with E-state index in [1.165, 1.54) is 10.4 Å². The molecule has 2 nitrogen and oxygen atoms in total. The van der Waals surface area contributed by atoms with Gasteiger partial charge in [0.25, 0.3) is 0 Å². The van der Waals surface area contributed by atoms with E-state index in [0.717, 1.165) is 17.3 Å². The van der Waals surface area contributed by atoms with Crippen molar-refractivity contribution in [3.63, 3.8) is 0 Å². The molecule has 0 atom stereocenters. The molecular formula is C14H11ClN2S. The van der Waals surface area contributed by atoms with E-state index in [-0.39, 0.29) is 0 Å². The monoisotopic (exact) mass is 274 g/mol. The van der Waals surface area contributed by atoms with Gasteiger partial charge in [0.05, 0.1) is 11.4 Å². The molecule has 3 aromatic rings. The Kier molecular flexibility index (Phi) is 3.17. The quantitative estimate of drug-likeness (QED) is 0.696. The van der Waals surface area contributed by atoms with Gasteiger partial charge in [0.15, 0.2) is 0 Å². The van der Waals surface area contributed by atoms with Gasteiger partial charge in [0.1, 0.15) is 5.69 Å². The number of rotatable bonds is 3. The molecule has 0 bridgehead atoms. The van der Waals surface area contributed by atoms with Crippen LogP contribution in [0.2, 0.25) is 5.02 Å². The minimum atomic E-state index is 0.762. The van der Waals surface area contributed by atoms with Crippen LogP contribution in [0.5, 0.6) is 0 Å². The standard InChI is InChI=1S/C14H11ClN2S/c15-12-5-3-11(4-6-12)10-17-8-7-13(16-17)14-2-1-9-18-14/h1-9H,10H2. The number of halogens is 1. The number of aromatic nitrogens is 2. The van der Waals surface area contributed by atoms with Crippen molar-refractivity contribution < 1.29 is 0 Å². The highest BCUT2D eigenvalue weighted by atomic mass is 35.5. The molecule has 2 aromatic heterocycles. The lowest BCUT2D eigenvalue weighted by molar-refractivity contribution is 0.689. The van der Waals surface area contributed by atoms with Crippen LogP contribution in [0.1, 0.15) is 5.56 Å². The summed E-state index contributed by atoms with van der Waals surface area (Å²) in [7, 11) is 0. The molecule has 0 N–H and O–H groups in total. The van der Waals surface area contributed by atoms with Crippen molar-refractivity contribution in [2.45, 2.75) is 6.54 Å². The molecule has 0 unspecified atom stereocenters. The van der Waals surface area contributed by atoms with Crippen molar-refractivity contribution >= 4 is 22.9 Å². The van der Waals surface area contributed by atoms with Crippen LogP contribution in [0, 0.1) is 0 Å². The van der Waals surface area contributed by atoms with Crippen molar-refractivity contribution in [2.75, 3.05) is 0 Å². The van der Waals surface area contributed by atoms with Gasteiger partial charge in [-0.2, -0.15) is 5.10 Å². The van der Waals surface area contributed by atoms with Crippen molar-refractivity contribution in [2.24, 2.45) is 0 Å². The third-order valence-corrected chi connectivity index (χ3v) is 3.82. The van der Waals surface area contributed by atoms with Crippen LogP contribution in [0.3, 0.4) is 0 Å². The highest BCUT2D eigenvalue weighted by Crippen LogP contribution is 2.22. The van der Waals surface area contributed by atoms with Crippen LogP contribution in [0.4, 0.5) is 0 Å². The molecule has 18 heavy (non-hydrogen) atoms. The second-order valence-corrected chi connectivity index (χ2v) is 5.39. The molecule has 0 aliphatic rings. The summed E-state index contributed by atoms with van der Waals surface area (Å²) in [6.07, 6.45) is 2.00. The van der Waals surface area contributed by atoms with E-state index in [9.17, 15) is 0 Å². The third-order valence-electron chi connectivity index (χ3n) is 2.67. The molecule has 1 aromatic carbocycles. The first-order valence-corrected chi connectivity index (χ1v) is 6.89. The average molecular weight is 275 g/mol. The zero-order chi connectivity index (χ0) is 12.4. The Morgan fingerprint density at radius 3 is 2.67 bits per heavy atom. The van der Waals surface area contributed by atoms with E-state index in [1.54, 1.807) is 11.3 Å². The Bertz CT molecular complexity index is 626. The third kappa shape index (κ3) is 2.47. The van der Waals surface area contributed by atoms with Crippen LogP contribution < -0.4 is 0 Å². The number of hydrogen-bond acceptors (Lipinski definition) is 2. The number of thiophene rings is 1. The SMILES string of the molecule is Clc1ccc(Cn2ccc(-c3cccs3)n2)cc1. The average Bonchev–Trinajstić information content (AvgIpc) is 3.02. The van der Waals surface area contributed by atoms with Crippen LogP contribution in [0.25, 0.3) is 10.6 Å². The van der Waals surface area contributed by atoms with Gasteiger partial charge in [0.2, 0.25) is 0 Å². The summed E-state index contributed by atoms with van der Waals surface area (Å²) in [5, 5.41) is 7.39. The van der Waals surface area contributed by atoms with Gasteiger partial charge in [-0.3, -0.25) is 4.68 Å². The highest BCUT2D eigenvalue weighted by molar-refractivity contribution is 7.13. The molecule has 0 aliphatic carbocycles. The Hall–Kier alpha value is -1.58. The Balaban J connectivity index is 1.80. The molecule has 4 heteroatoms. The molecule has 0 amide bonds. The first kappa shape index (κ1) is 11.5. The van der Waals surface area contributed by atoms with Gasteiger partial charge in [-0.15, -0.1) is 11.3 Å². The highest BCUT2D eigenvalue weighted by Gasteiger charge is 2.03. The van der Waals surface area contributed by atoms with Gasteiger partial charge >= 0.3 is 0 Å². The molecule has 0 saturated heterocycles. The summed E-state index contributed by atoms with van der Waals surface area (Å²) in [6.45, 7) is 0.766. The van der Waals surface area contributed by atoms with E-state index < -0.39 is 0 Å². The lowest BCUT2D eigenvalue weighted by atomic mass is 10.2. The first-order valence-electron chi connectivity index (χ1n) is 5.63. The topological polar surface area (TPSA) is 17.8 Å². The fraction of sp³-hybridized carbons (Fsp3) is 0.0714. The summed E-state index contributed by atoms with van der Waals surface area (Å²) >= 11 is 7.57. The van der Waals surface area contributed by atoms with Crippen LogP contribution in [-0.4, -0.2) is 9.78 Å². The fourth-order valence-corrected chi connectivity index (χ4v) is 2.60. The normalized spacial score (nSPS) is 10.7. The molecule has 90 valence electrons. The minimum Gasteiger partial charge on any atom is -0.268 e. The molecule has 3 rings (SSSR count). The molecule has 0 aliphatic heterocycles. The number of benzene rings is 1. The van der Waals surface area contributed by atoms with Crippen molar-refractivity contribution in [1.82, 2.24) is 9.78 Å². The Morgan fingerprint density at radius 1 is 1.11 bits per heavy atom. The maximum Gasteiger partial charge on any atom is 0.102 e. The molecule has 2 heterocycles. The number of hydrogen-bond donors (Lipinski definition) is 0. The Labute approximate surface area is 114 Å². The zero-order valence-electron chi connectivity index (χ0n) is 9.58. The maximum atomic E-state index is 5.87. The largest absolute Gasteiger partial charge is 0.268 e. The predicted octanol–water partition coefficient (Wildman–Crippen LogP) is 4.31.